The van der Waals surface area contributed by atoms with E-state index in [1.165, 1.54) is 0 Å². The highest BCUT2D eigenvalue weighted by atomic mass is 16.5. The van der Waals surface area contributed by atoms with E-state index in [0.29, 0.717) is 23.4 Å². The van der Waals surface area contributed by atoms with Crippen molar-refractivity contribution in [2.24, 2.45) is 5.41 Å². The van der Waals surface area contributed by atoms with Gasteiger partial charge in [0, 0.05) is 18.2 Å². The highest BCUT2D eigenvalue weighted by Gasteiger charge is 2.53. The van der Waals surface area contributed by atoms with Crippen molar-refractivity contribution in [1.82, 2.24) is 9.80 Å². The Labute approximate surface area is 193 Å². The Morgan fingerprint density at radius 1 is 1.09 bits per heavy atom. The van der Waals surface area contributed by atoms with Gasteiger partial charge < -0.3 is 24.4 Å². The first kappa shape index (κ1) is 22.1. The number of ether oxygens (including phenoxy) is 2. The number of carbonyl (C=O) groups excluding carboxylic acids is 3. The molecule has 0 radical (unpaired) electrons. The molecular formula is C25H30N2O6. The van der Waals surface area contributed by atoms with Gasteiger partial charge in [-0.1, -0.05) is 6.07 Å². The summed E-state index contributed by atoms with van der Waals surface area (Å²) in [4.78, 5) is 41.1. The number of rotatable bonds is 4. The highest BCUT2D eigenvalue weighted by Crippen LogP contribution is 2.47. The zero-order valence-corrected chi connectivity index (χ0v) is 19.3. The van der Waals surface area contributed by atoms with Gasteiger partial charge in [0.2, 0.25) is 5.91 Å². The molecule has 1 aromatic carbocycles. The summed E-state index contributed by atoms with van der Waals surface area (Å²) in [6.07, 6.45) is 1.55. The number of cyclic esters (lactones) is 2. The molecule has 33 heavy (non-hydrogen) atoms. The molecule has 8 heteroatoms. The summed E-state index contributed by atoms with van der Waals surface area (Å²) in [6.45, 7) is 8.04. The molecule has 4 aliphatic rings. The molecule has 1 amide bonds. The van der Waals surface area contributed by atoms with Gasteiger partial charge in [0.05, 0.1) is 28.4 Å². The number of nitrogens with zero attached hydrogens (tertiary/aromatic N) is 2. The fourth-order valence-electron chi connectivity index (χ4n) is 5.96. The Kier molecular flexibility index (Phi) is 5.33. The third kappa shape index (κ3) is 3.47. The normalized spacial score (nSPS) is 25.6. The van der Waals surface area contributed by atoms with Gasteiger partial charge in [0.15, 0.2) is 0 Å². The van der Waals surface area contributed by atoms with E-state index >= 15 is 0 Å². The van der Waals surface area contributed by atoms with Crippen LogP contribution in [0, 0.1) is 12.3 Å². The first-order valence-electron chi connectivity index (χ1n) is 11.6. The van der Waals surface area contributed by atoms with E-state index in [4.69, 9.17) is 9.47 Å². The number of β-amino-alcohol motifs (C(OH)–C–C–N with tert-alkyl or cyclic N) is 1. The minimum absolute atomic E-state index is 0.0353. The topological polar surface area (TPSA) is 96.4 Å². The molecule has 4 heterocycles. The Morgan fingerprint density at radius 2 is 1.79 bits per heavy atom. The number of esters is 2. The van der Waals surface area contributed by atoms with Crippen LogP contribution in [0.1, 0.15) is 66.3 Å². The first-order valence-corrected chi connectivity index (χ1v) is 11.6. The molecule has 5 rings (SSSR count). The van der Waals surface area contributed by atoms with Gasteiger partial charge in [0.25, 0.3) is 0 Å². The molecule has 2 atom stereocenters. The monoisotopic (exact) mass is 454 g/mol. The van der Waals surface area contributed by atoms with Crippen LogP contribution in [0.4, 0.5) is 0 Å². The van der Waals surface area contributed by atoms with E-state index in [0.717, 1.165) is 49.0 Å². The van der Waals surface area contributed by atoms with Gasteiger partial charge in [-0.25, -0.2) is 9.59 Å². The van der Waals surface area contributed by atoms with Crippen LogP contribution in [0.5, 0.6) is 0 Å². The van der Waals surface area contributed by atoms with Crippen LogP contribution in [0.3, 0.4) is 0 Å². The number of benzene rings is 1. The standard InChI is InChI=1S/C25H30N2O6/c1-14-10-25(24(31)27(14)20-13-33-22(29)16(20)3)6-8-26(9-7-25)11-21(28)17-4-5-18-19(15(17)2)12-32-23(18)30/h4-5,14,21,28H,6-13H2,1-3H3/t14-,21+/m1/s1. The van der Waals surface area contributed by atoms with Gasteiger partial charge in [-0.15, -0.1) is 0 Å². The smallest absolute Gasteiger partial charge is 0.338 e. The maximum absolute atomic E-state index is 13.5. The number of carbonyl (C=O) groups is 3. The summed E-state index contributed by atoms with van der Waals surface area (Å²) in [6, 6.07) is 3.59. The number of amides is 1. The molecule has 176 valence electrons. The number of likely N-dealkylation sites (tertiary alicyclic amines) is 2. The number of aliphatic hydroxyl groups is 1. The molecule has 1 spiro atoms. The summed E-state index contributed by atoms with van der Waals surface area (Å²) >= 11 is 0. The molecule has 1 aromatic rings. The van der Waals surface area contributed by atoms with Crippen LogP contribution in [-0.4, -0.2) is 65.0 Å². The molecule has 0 saturated carbocycles. The van der Waals surface area contributed by atoms with E-state index < -0.39 is 11.5 Å². The van der Waals surface area contributed by atoms with Crippen LogP contribution in [0.2, 0.25) is 0 Å². The van der Waals surface area contributed by atoms with E-state index in [2.05, 4.69) is 4.90 Å². The Hall–Kier alpha value is -2.71. The van der Waals surface area contributed by atoms with Gasteiger partial charge in [-0.05, 0) is 70.3 Å². The second-order valence-electron chi connectivity index (χ2n) is 9.85. The molecule has 2 fully saturated rings. The minimum atomic E-state index is -0.677. The quantitative estimate of drug-likeness (QED) is 0.697. The third-order valence-electron chi connectivity index (χ3n) is 7.98. The van der Waals surface area contributed by atoms with Crippen LogP contribution in [0.15, 0.2) is 23.4 Å². The van der Waals surface area contributed by atoms with Crippen molar-refractivity contribution >= 4 is 17.8 Å². The molecule has 0 unspecified atom stereocenters. The predicted octanol–water partition coefficient (Wildman–Crippen LogP) is 2.23. The molecule has 0 aliphatic carbocycles. The highest BCUT2D eigenvalue weighted by molar-refractivity contribution is 5.95. The summed E-state index contributed by atoms with van der Waals surface area (Å²) in [5, 5.41) is 10.9. The summed E-state index contributed by atoms with van der Waals surface area (Å²) < 4.78 is 10.3. The minimum Gasteiger partial charge on any atom is -0.457 e. The van der Waals surface area contributed by atoms with Crippen LogP contribution in [0.25, 0.3) is 0 Å². The SMILES string of the molecule is CC1=C(N2C(=O)C3(CCN(C[C@H](O)c4ccc5c(c4C)COC5=O)CC3)C[C@H]2C)COC1=O. The van der Waals surface area contributed by atoms with E-state index in [1.54, 1.807) is 17.9 Å². The van der Waals surface area contributed by atoms with Gasteiger partial charge in [0.1, 0.15) is 13.2 Å². The number of aliphatic hydroxyl groups excluding tert-OH is 1. The summed E-state index contributed by atoms with van der Waals surface area (Å²) in [7, 11) is 0. The van der Waals surface area contributed by atoms with Crippen LogP contribution >= 0.6 is 0 Å². The second-order valence-corrected chi connectivity index (χ2v) is 9.85. The number of piperidine rings is 1. The molecule has 8 nitrogen and oxygen atoms in total. The average Bonchev–Trinajstić information content (AvgIpc) is 3.40. The molecular weight excluding hydrogens is 424 g/mol. The van der Waals surface area contributed by atoms with Crippen molar-refractivity contribution < 1.29 is 29.0 Å². The van der Waals surface area contributed by atoms with Crippen molar-refractivity contribution in [3.63, 3.8) is 0 Å². The lowest BCUT2D eigenvalue weighted by Crippen LogP contribution is -2.45. The summed E-state index contributed by atoms with van der Waals surface area (Å²) in [5.41, 5.74) is 4.00. The van der Waals surface area contributed by atoms with Crippen molar-refractivity contribution in [1.29, 1.82) is 0 Å². The predicted molar refractivity (Wildman–Crippen MR) is 118 cm³/mol. The fraction of sp³-hybridized carbons (Fsp3) is 0.560. The third-order valence-corrected chi connectivity index (χ3v) is 7.98. The number of hydrogen-bond acceptors (Lipinski definition) is 7. The number of hydrogen-bond donors (Lipinski definition) is 1. The van der Waals surface area contributed by atoms with Gasteiger partial charge in [-0.3, -0.25) is 4.79 Å². The van der Waals surface area contributed by atoms with E-state index in [9.17, 15) is 19.5 Å². The van der Waals surface area contributed by atoms with Crippen molar-refractivity contribution in [3.05, 3.63) is 45.7 Å². The first-order chi connectivity index (χ1) is 15.7. The molecule has 0 bridgehead atoms. The van der Waals surface area contributed by atoms with Crippen molar-refractivity contribution in [2.45, 2.75) is 58.8 Å². The lowest BCUT2D eigenvalue weighted by molar-refractivity contribution is -0.139. The average molecular weight is 455 g/mol. The second kappa shape index (κ2) is 7.95. The van der Waals surface area contributed by atoms with Crippen molar-refractivity contribution in [3.8, 4) is 0 Å². The molecule has 0 aromatic heterocycles. The van der Waals surface area contributed by atoms with E-state index in [1.807, 2.05) is 19.9 Å². The fourth-order valence-corrected chi connectivity index (χ4v) is 5.96. The lowest BCUT2D eigenvalue weighted by atomic mass is 9.76. The largest absolute Gasteiger partial charge is 0.457 e. The zero-order chi connectivity index (χ0) is 23.5. The molecule has 1 N–H and O–H groups in total. The maximum Gasteiger partial charge on any atom is 0.338 e. The van der Waals surface area contributed by atoms with Gasteiger partial charge >= 0.3 is 11.9 Å². The zero-order valence-electron chi connectivity index (χ0n) is 19.3. The lowest BCUT2D eigenvalue weighted by Gasteiger charge is -2.38. The number of fused-ring (bicyclic) bond motifs is 1. The van der Waals surface area contributed by atoms with Gasteiger partial charge in [-0.2, -0.15) is 0 Å². The Bertz CT molecular complexity index is 1070. The van der Waals surface area contributed by atoms with Crippen molar-refractivity contribution in [2.75, 3.05) is 26.2 Å². The maximum atomic E-state index is 13.5. The Morgan fingerprint density at radius 3 is 2.45 bits per heavy atom. The van der Waals surface area contributed by atoms with E-state index in [-0.39, 0.29) is 37.1 Å². The Balaban J connectivity index is 1.25. The van der Waals surface area contributed by atoms with Crippen LogP contribution in [-0.2, 0) is 25.7 Å². The molecule has 2 saturated heterocycles. The molecule has 4 aliphatic heterocycles. The van der Waals surface area contributed by atoms with Crippen LogP contribution < -0.4 is 0 Å². The summed E-state index contributed by atoms with van der Waals surface area (Å²) in [5.74, 6) is -0.547.